The first-order valence-corrected chi connectivity index (χ1v) is 8.50. The molecule has 1 aromatic heterocycles. The lowest BCUT2D eigenvalue weighted by Gasteiger charge is -2.31. The molecule has 3 N–H and O–H groups in total. The van der Waals surface area contributed by atoms with Crippen LogP contribution >= 0.6 is 0 Å². The van der Waals surface area contributed by atoms with Crippen molar-refractivity contribution < 1.29 is 14.3 Å². The van der Waals surface area contributed by atoms with Crippen LogP contribution in [0.25, 0.3) is 0 Å². The van der Waals surface area contributed by atoms with E-state index >= 15 is 0 Å². The lowest BCUT2D eigenvalue weighted by atomic mass is 9.85. The number of fused-ring (bicyclic) bond motifs is 3. The number of nitrogens with one attached hydrogen (secondary N) is 2. The molecule has 0 aromatic carbocycles. The molecule has 5 atom stereocenters. The highest BCUT2D eigenvalue weighted by atomic mass is 16.3. The summed E-state index contributed by atoms with van der Waals surface area (Å²) >= 11 is 0. The molecule has 3 aliphatic carbocycles. The fourth-order valence-corrected chi connectivity index (χ4v) is 4.89. The third-order valence-electron chi connectivity index (χ3n) is 5.95. The van der Waals surface area contributed by atoms with Gasteiger partial charge in [0.25, 0.3) is 0 Å². The van der Waals surface area contributed by atoms with E-state index in [2.05, 4.69) is 10.6 Å². The number of aliphatic hydroxyl groups excluding tert-OH is 1. The fourth-order valence-electron chi connectivity index (χ4n) is 4.89. The van der Waals surface area contributed by atoms with Gasteiger partial charge in [0.1, 0.15) is 5.76 Å². The van der Waals surface area contributed by atoms with Gasteiger partial charge in [-0.3, -0.25) is 0 Å². The minimum atomic E-state index is -0.102. The van der Waals surface area contributed by atoms with Crippen LogP contribution in [-0.2, 0) is 6.42 Å². The van der Waals surface area contributed by atoms with Crippen molar-refractivity contribution in [2.45, 2.75) is 50.6 Å². The molecule has 5 nitrogen and oxygen atoms in total. The summed E-state index contributed by atoms with van der Waals surface area (Å²) in [6.07, 6.45) is 8.21. The van der Waals surface area contributed by atoms with Gasteiger partial charge in [0, 0.05) is 30.6 Å². The Labute approximate surface area is 130 Å². The Bertz CT molecular complexity index is 556. The van der Waals surface area contributed by atoms with E-state index in [1.807, 2.05) is 6.07 Å². The van der Waals surface area contributed by atoms with Gasteiger partial charge in [-0.05, 0) is 50.0 Å². The molecule has 4 rings (SSSR count). The Balaban J connectivity index is 1.40. The second kappa shape index (κ2) is 5.61. The molecule has 2 bridgehead atoms. The van der Waals surface area contributed by atoms with Gasteiger partial charge in [0.05, 0.1) is 12.3 Å². The smallest absolute Gasteiger partial charge is 0.315 e. The van der Waals surface area contributed by atoms with Crippen LogP contribution in [-0.4, -0.2) is 23.8 Å². The van der Waals surface area contributed by atoms with Crippen LogP contribution in [0.2, 0.25) is 0 Å². The summed E-state index contributed by atoms with van der Waals surface area (Å²) in [5, 5.41) is 15.9. The topological polar surface area (TPSA) is 74.5 Å². The van der Waals surface area contributed by atoms with E-state index in [1.54, 1.807) is 6.26 Å². The number of urea groups is 1. The van der Waals surface area contributed by atoms with Crippen LogP contribution in [0.3, 0.4) is 0 Å². The molecule has 1 aromatic rings. The largest absolute Gasteiger partial charge is 0.469 e. The second-order valence-electron chi connectivity index (χ2n) is 7.07. The summed E-state index contributed by atoms with van der Waals surface area (Å²) < 4.78 is 5.47. The van der Waals surface area contributed by atoms with Crippen LogP contribution in [0.4, 0.5) is 4.79 Å². The van der Waals surface area contributed by atoms with Crippen LogP contribution in [0.1, 0.15) is 49.5 Å². The highest BCUT2D eigenvalue weighted by molar-refractivity contribution is 5.75. The lowest BCUT2D eigenvalue weighted by Crippen LogP contribution is -2.50. The van der Waals surface area contributed by atoms with Gasteiger partial charge in [-0.15, -0.1) is 0 Å². The molecule has 5 heteroatoms. The van der Waals surface area contributed by atoms with Crippen LogP contribution in [0.5, 0.6) is 0 Å². The molecule has 120 valence electrons. The molecule has 2 fully saturated rings. The quantitative estimate of drug-likeness (QED) is 0.802. The Morgan fingerprint density at radius 1 is 1.27 bits per heavy atom. The van der Waals surface area contributed by atoms with Crippen molar-refractivity contribution in [3.05, 3.63) is 23.7 Å². The van der Waals surface area contributed by atoms with Gasteiger partial charge in [0.2, 0.25) is 0 Å². The van der Waals surface area contributed by atoms with Crippen LogP contribution < -0.4 is 10.6 Å². The van der Waals surface area contributed by atoms with Gasteiger partial charge in [-0.2, -0.15) is 0 Å². The van der Waals surface area contributed by atoms with Gasteiger partial charge < -0.3 is 20.2 Å². The minimum absolute atomic E-state index is 0.0497. The van der Waals surface area contributed by atoms with Crippen molar-refractivity contribution in [1.82, 2.24) is 10.6 Å². The first kappa shape index (κ1) is 14.1. The molecule has 5 unspecified atom stereocenters. The summed E-state index contributed by atoms with van der Waals surface area (Å²) in [4.78, 5) is 12.4. The third kappa shape index (κ3) is 2.32. The zero-order chi connectivity index (χ0) is 15.1. The van der Waals surface area contributed by atoms with Crippen molar-refractivity contribution >= 4 is 6.03 Å². The van der Waals surface area contributed by atoms with Gasteiger partial charge >= 0.3 is 6.03 Å². The monoisotopic (exact) mass is 304 g/mol. The molecule has 2 amide bonds. The molecule has 1 heterocycles. The molecule has 0 aliphatic heterocycles. The van der Waals surface area contributed by atoms with Crippen molar-refractivity contribution in [2.75, 3.05) is 6.61 Å². The Hall–Kier alpha value is -1.49. The van der Waals surface area contributed by atoms with Gasteiger partial charge in [0.15, 0.2) is 0 Å². The molecule has 0 saturated heterocycles. The van der Waals surface area contributed by atoms with Crippen molar-refractivity contribution in [2.24, 2.45) is 17.8 Å². The van der Waals surface area contributed by atoms with E-state index < -0.39 is 0 Å². The molecule has 22 heavy (non-hydrogen) atoms. The van der Waals surface area contributed by atoms with E-state index in [-0.39, 0.29) is 30.6 Å². The number of aryl methyl sites for hydroxylation is 1. The number of carbonyl (C=O) groups excluding carboxylic acids is 1. The van der Waals surface area contributed by atoms with Crippen molar-refractivity contribution in [1.29, 1.82) is 0 Å². The number of furan rings is 1. The highest BCUT2D eigenvalue weighted by Crippen LogP contribution is 2.48. The average Bonchev–Trinajstić information content (AvgIpc) is 3.22. The summed E-state index contributed by atoms with van der Waals surface area (Å²) in [6, 6.07) is 2.05. The summed E-state index contributed by atoms with van der Waals surface area (Å²) in [5.41, 5.74) is 1.12. The molecular weight excluding hydrogens is 280 g/mol. The second-order valence-corrected chi connectivity index (χ2v) is 7.07. The van der Waals surface area contributed by atoms with E-state index in [1.165, 1.54) is 12.8 Å². The Morgan fingerprint density at radius 2 is 2.14 bits per heavy atom. The summed E-state index contributed by atoms with van der Waals surface area (Å²) in [5.74, 6) is 2.38. The molecule has 2 saturated carbocycles. The van der Waals surface area contributed by atoms with E-state index in [0.29, 0.717) is 11.8 Å². The first-order chi connectivity index (χ1) is 10.8. The highest BCUT2D eigenvalue weighted by Gasteiger charge is 2.47. The number of hydrogen-bond acceptors (Lipinski definition) is 3. The third-order valence-corrected chi connectivity index (χ3v) is 5.95. The Morgan fingerprint density at radius 3 is 3.00 bits per heavy atom. The number of aliphatic hydroxyl groups is 1. The van der Waals surface area contributed by atoms with E-state index in [9.17, 15) is 9.90 Å². The maximum absolute atomic E-state index is 12.4. The zero-order valence-electron chi connectivity index (χ0n) is 12.8. The minimum Gasteiger partial charge on any atom is -0.469 e. The fraction of sp³-hybridized carbons (Fsp3) is 0.706. The number of carbonyl (C=O) groups is 1. The standard InChI is InChI=1S/C17H24N2O3/c20-9-13-10-4-5-11(8-10)16(13)19-17(21)18-14-2-1-3-15-12(14)6-7-22-15/h6-7,10-11,13-14,16,20H,1-5,8-9H2,(H2,18,19,21). The predicted octanol–water partition coefficient (Wildman–Crippen LogP) is 2.36. The maximum atomic E-state index is 12.4. The van der Waals surface area contributed by atoms with Crippen molar-refractivity contribution in [3.63, 3.8) is 0 Å². The summed E-state index contributed by atoms with van der Waals surface area (Å²) in [6.45, 7) is 0.182. The summed E-state index contributed by atoms with van der Waals surface area (Å²) in [7, 11) is 0. The zero-order valence-corrected chi connectivity index (χ0v) is 12.8. The molecular formula is C17H24N2O3. The van der Waals surface area contributed by atoms with Crippen LogP contribution in [0, 0.1) is 17.8 Å². The van der Waals surface area contributed by atoms with Gasteiger partial charge in [-0.1, -0.05) is 0 Å². The molecule has 0 spiro atoms. The molecule has 3 aliphatic rings. The normalized spacial score (nSPS) is 36.1. The number of hydrogen-bond donors (Lipinski definition) is 3. The van der Waals surface area contributed by atoms with Crippen LogP contribution in [0.15, 0.2) is 16.7 Å². The number of rotatable bonds is 3. The first-order valence-electron chi connectivity index (χ1n) is 8.50. The average molecular weight is 304 g/mol. The SMILES string of the molecule is O=C(NC1CCCc2occc21)NC1C2CCC(C2)C1CO. The number of amides is 2. The Kier molecular flexibility index (Phi) is 3.60. The van der Waals surface area contributed by atoms with E-state index in [4.69, 9.17) is 4.42 Å². The van der Waals surface area contributed by atoms with Crippen molar-refractivity contribution in [3.8, 4) is 0 Å². The van der Waals surface area contributed by atoms with E-state index in [0.717, 1.165) is 37.0 Å². The lowest BCUT2D eigenvalue weighted by molar-refractivity contribution is 0.143. The predicted molar refractivity (Wildman–Crippen MR) is 81.2 cm³/mol. The molecule has 0 radical (unpaired) electrons. The van der Waals surface area contributed by atoms with Gasteiger partial charge in [-0.25, -0.2) is 4.79 Å². The maximum Gasteiger partial charge on any atom is 0.315 e.